The summed E-state index contributed by atoms with van der Waals surface area (Å²) in [5.41, 5.74) is -1.13. The SMILES string of the molecule is O=C1NC(=O)C(c2ccc(Oc3ccccc3)cc2)([NH+]2CCN(c3ncccn3)CC2)C(=O)N1. The number of quaternary nitrogens is 1. The van der Waals surface area contributed by atoms with Gasteiger partial charge in [0.05, 0.1) is 26.2 Å². The molecule has 172 valence electrons. The average molecular weight is 459 g/mol. The Morgan fingerprint density at radius 1 is 0.794 bits per heavy atom. The van der Waals surface area contributed by atoms with Crippen molar-refractivity contribution in [3.8, 4) is 11.5 Å². The summed E-state index contributed by atoms with van der Waals surface area (Å²) in [6.45, 7) is 2.03. The van der Waals surface area contributed by atoms with Crippen LogP contribution >= 0.6 is 0 Å². The molecule has 2 saturated heterocycles. The summed E-state index contributed by atoms with van der Waals surface area (Å²) in [5.74, 6) is 0.563. The molecule has 34 heavy (non-hydrogen) atoms. The Hall–Kier alpha value is -4.31. The number of nitrogens with zero attached hydrogens (tertiary/aromatic N) is 3. The number of para-hydroxylation sites is 1. The maximum Gasteiger partial charge on any atom is 0.328 e. The van der Waals surface area contributed by atoms with Gasteiger partial charge >= 0.3 is 17.8 Å². The number of urea groups is 1. The Labute approximate surface area is 195 Å². The Bertz CT molecular complexity index is 1180. The van der Waals surface area contributed by atoms with E-state index in [1.54, 1.807) is 42.7 Å². The minimum atomic E-state index is -1.61. The van der Waals surface area contributed by atoms with Crippen LogP contribution in [-0.2, 0) is 15.1 Å². The van der Waals surface area contributed by atoms with Gasteiger partial charge in [-0.3, -0.25) is 20.2 Å². The number of benzene rings is 2. The number of carbonyl (C=O) groups excluding carboxylic acids is 3. The van der Waals surface area contributed by atoms with E-state index in [0.29, 0.717) is 49.2 Å². The smallest absolute Gasteiger partial charge is 0.328 e. The third-order valence-electron chi connectivity index (χ3n) is 6.13. The molecule has 10 heteroatoms. The third kappa shape index (κ3) is 3.84. The Balaban J connectivity index is 1.44. The van der Waals surface area contributed by atoms with Crippen molar-refractivity contribution in [2.75, 3.05) is 31.1 Å². The summed E-state index contributed by atoms with van der Waals surface area (Å²) in [7, 11) is 0. The van der Waals surface area contributed by atoms with E-state index in [4.69, 9.17) is 4.74 Å². The van der Waals surface area contributed by atoms with Crippen LogP contribution in [0.25, 0.3) is 0 Å². The van der Waals surface area contributed by atoms with Crippen LogP contribution < -0.4 is 25.2 Å². The van der Waals surface area contributed by atoms with Crippen LogP contribution in [0.15, 0.2) is 73.1 Å². The van der Waals surface area contributed by atoms with Gasteiger partial charge in [0.1, 0.15) is 11.5 Å². The van der Waals surface area contributed by atoms with Gasteiger partial charge in [-0.15, -0.1) is 0 Å². The first-order valence-electron chi connectivity index (χ1n) is 10.9. The number of imide groups is 2. The lowest BCUT2D eigenvalue weighted by Crippen LogP contribution is -3.24. The average Bonchev–Trinajstić information content (AvgIpc) is 2.86. The van der Waals surface area contributed by atoms with Crippen LogP contribution in [-0.4, -0.2) is 54.0 Å². The number of aromatic nitrogens is 2. The number of hydrogen-bond donors (Lipinski definition) is 3. The van der Waals surface area contributed by atoms with Crippen LogP contribution in [0, 0.1) is 0 Å². The largest absolute Gasteiger partial charge is 0.457 e. The van der Waals surface area contributed by atoms with Crippen LogP contribution in [0.4, 0.5) is 10.7 Å². The Kier molecular flexibility index (Phi) is 5.64. The highest BCUT2D eigenvalue weighted by molar-refractivity contribution is 6.21. The molecule has 5 rings (SSSR count). The van der Waals surface area contributed by atoms with E-state index in [-0.39, 0.29) is 0 Å². The molecule has 0 spiro atoms. The zero-order valence-electron chi connectivity index (χ0n) is 18.2. The van der Waals surface area contributed by atoms with Crippen molar-refractivity contribution in [1.82, 2.24) is 20.6 Å². The lowest BCUT2D eigenvalue weighted by Gasteiger charge is -2.43. The molecule has 2 aliphatic rings. The van der Waals surface area contributed by atoms with Crippen LogP contribution in [0.1, 0.15) is 5.56 Å². The highest BCUT2D eigenvalue weighted by Gasteiger charge is 2.60. The van der Waals surface area contributed by atoms with Crippen molar-refractivity contribution in [2.45, 2.75) is 5.54 Å². The molecular formula is C24H23N6O4+. The van der Waals surface area contributed by atoms with Gasteiger partial charge < -0.3 is 14.5 Å². The lowest BCUT2D eigenvalue weighted by atomic mass is 9.84. The molecule has 2 aromatic carbocycles. The van der Waals surface area contributed by atoms with E-state index in [1.807, 2.05) is 35.2 Å². The van der Waals surface area contributed by atoms with Crippen LogP contribution in [0.2, 0.25) is 0 Å². The molecule has 0 radical (unpaired) electrons. The minimum absolute atomic E-state index is 0.468. The Morgan fingerprint density at radius 2 is 1.38 bits per heavy atom. The van der Waals surface area contributed by atoms with E-state index in [9.17, 15) is 14.4 Å². The van der Waals surface area contributed by atoms with E-state index in [0.717, 1.165) is 4.90 Å². The number of piperazine rings is 1. The van der Waals surface area contributed by atoms with Crippen LogP contribution in [0.5, 0.6) is 11.5 Å². The van der Waals surface area contributed by atoms with Gasteiger partial charge in [-0.05, 0) is 42.5 Å². The second-order valence-corrected chi connectivity index (χ2v) is 8.07. The van der Waals surface area contributed by atoms with Crippen molar-refractivity contribution in [2.24, 2.45) is 0 Å². The first kappa shape index (κ1) is 21.5. The molecule has 2 aliphatic heterocycles. The summed E-state index contributed by atoms with van der Waals surface area (Å²) in [6.07, 6.45) is 3.35. The minimum Gasteiger partial charge on any atom is -0.457 e. The summed E-state index contributed by atoms with van der Waals surface area (Å²) < 4.78 is 5.85. The maximum atomic E-state index is 13.3. The summed E-state index contributed by atoms with van der Waals surface area (Å²) in [6, 6.07) is 17.1. The number of rotatable bonds is 5. The zero-order chi connectivity index (χ0) is 23.5. The normalized spacial score (nSPS) is 18.2. The highest BCUT2D eigenvalue weighted by Crippen LogP contribution is 2.27. The Morgan fingerprint density at radius 3 is 2.00 bits per heavy atom. The topological polar surface area (TPSA) is 118 Å². The molecule has 3 N–H and O–H groups in total. The van der Waals surface area contributed by atoms with Crippen molar-refractivity contribution in [3.63, 3.8) is 0 Å². The van der Waals surface area contributed by atoms with Crippen molar-refractivity contribution in [1.29, 1.82) is 0 Å². The molecule has 0 unspecified atom stereocenters. The van der Waals surface area contributed by atoms with E-state index >= 15 is 0 Å². The van der Waals surface area contributed by atoms with E-state index in [1.165, 1.54) is 0 Å². The molecule has 10 nitrogen and oxygen atoms in total. The number of anilines is 1. The molecule has 4 amide bonds. The number of carbonyl (C=O) groups is 3. The molecule has 3 heterocycles. The molecule has 2 fully saturated rings. The van der Waals surface area contributed by atoms with Crippen LogP contribution in [0.3, 0.4) is 0 Å². The van der Waals surface area contributed by atoms with Gasteiger partial charge in [0.2, 0.25) is 5.95 Å². The van der Waals surface area contributed by atoms with Crippen molar-refractivity contribution < 1.29 is 24.0 Å². The standard InChI is InChI=1S/C24H22N6O4/c31-20-24(21(32)28-23(33)27-20,30-15-13-29(14-16-30)22-25-11-4-12-26-22)17-7-9-19(10-8-17)34-18-5-2-1-3-6-18/h1-12H,13-16H2,(H2,27,28,31,32,33)/p+1. The fourth-order valence-corrected chi connectivity index (χ4v) is 4.52. The van der Waals surface area contributed by atoms with Gasteiger partial charge in [0.15, 0.2) is 0 Å². The summed E-state index contributed by atoms with van der Waals surface area (Å²) in [4.78, 5) is 49.7. The number of amides is 4. The van der Waals surface area contributed by atoms with Gasteiger partial charge in [-0.1, -0.05) is 18.2 Å². The molecule has 0 bridgehead atoms. The highest BCUT2D eigenvalue weighted by atomic mass is 16.5. The van der Waals surface area contributed by atoms with Crippen molar-refractivity contribution in [3.05, 3.63) is 78.6 Å². The maximum absolute atomic E-state index is 13.3. The van der Waals surface area contributed by atoms with Gasteiger partial charge in [0, 0.05) is 18.0 Å². The molecule has 0 aliphatic carbocycles. The second-order valence-electron chi connectivity index (χ2n) is 8.07. The number of barbiturate groups is 1. The first-order chi connectivity index (χ1) is 16.6. The van der Waals surface area contributed by atoms with Gasteiger partial charge in [-0.25, -0.2) is 14.8 Å². The fourth-order valence-electron chi connectivity index (χ4n) is 4.52. The zero-order valence-corrected chi connectivity index (χ0v) is 18.2. The van der Waals surface area contributed by atoms with E-state index < -0.39 is 23.4 Å². The second kappa shape index (κ2) is 8.91. The molecular weight excluding hydrogens is 436 g/mol. The predicted octanol–water partition coefficient (Wildman–Crippen LogP) is 0.235. The fraction of sp³-hybridized carbons (Fsp3) is 0.208. The summed E-state index contributed by atoms with van der Waals surface area (Å²) >= 11 is 0. The molecule has 0 atom stereocenters. The number of nitrogens with one attached hydrogen (secondary N) is 3. The van der Waals surface area contributed by atoms with Crippen molar-refractivity contribution >= 4 is 23.8 Å². The first-order valence-corrected chi connectivity index (χ1v) is 10.9. The molecule has 3 aromatic rings. The van der Waals surface area contributed by atoms with Gasteiger partial charge in [-0.2, -0.15) is 0 Å². The summed E-state index contributed by atoms with van der Waals surface area (Å²) in [5, 5.41) is 4.59. The lowest BCUT2D eigenvalue weighted by molar-refractivity contribution is -0.940. The monoisotopic (exact) mass is 459 g/mol. The molecule has 0 saturated carbocycles. The number of hydrogen-bond acceptors (Lipinski definition) is 7. The quantitative estimate of drug-likeness (QED) is 0.468. The number of ether oxygens (including phenoxy) is 1. The predicted molar refractivity (Wildman–Crippen MR) is 121 cm³/mol. The molecule has 1 aromatic heterocycles. The third-order valence-corrected chi connectivity index (χ3v) is 6.13. The van der Waals surface area contributed by atoms with E-state index in [2.05, 4.69) is 20.6 Å². The van der Waals surface area contributed by atoms with Gasteiger partial charge in [0.25, 0.3) is 5.54 Å².